The van der Waals surface area contributed by atoms with Gasteiger partial charge in [-0.3, -0.25) is 14.5 Å². The maximum atomic E-state index is 12.6. The smallest absolute Gasteiger partial charge is 0.240 e. The Bertz CT molecular complexity index is 1250. The first kappa shape index (κ1) is 22.9. The highest BCUT2D eigenvalue weighted by Gasteiger charge is 2.16. The largest absolute Gasteiger partial charge is 0.350 e. The van der Waals surface area contributed by atoms with E-state index in [0.29, 0.717) is 16.2 Å². The monoisotopic (exact) mass is 459 g/mol. The molecule has 8 nitrogen and oxygen atoms in total. The fraction of sp³-hybridized carbons (Fsp3) is 0.286. The number of H-pyrrole nitrogens is 1. The van der Waals surface area contributed by atoms with E-state index < -0.39 is 10.0 Å². The Morgan fingerprint density at radius 1 is 1.19 bits per heavy atom. The molecule has 1 amide bonds. The molecule has 3 N–H and O–H groups in total. The van der Waals surface area contributed by atoms with Gasteiger partial charge in [-0.05, 0) is 56.8 Å². The molecule has 0 unspecified atom stereocenters. The van der Waals surface area contributed by atoms with Gasteiger partial charge in [0.2, 0.25) is 15.9 Å². The Labute approximate surface area is 186 Å². The first-order valence-electron chi connectivity index (χ1n) is 9.76. The summed E-state index contributed by atoms with van der Waals surface area (Å²) in [5, 5.41) is 9.80. The molecular weight excluding hydrogens is 434 g/mol. The molecule has 0 aliphatic carbocycles. The van der Waals surface area contributed by atoms with Crippen LogP contribution in [0.15, 0.2) is 53.4 Å². The molecule has 31 heavy (non-hydrogen) atoms. The van der Waals surface area contributed by atoms with Crippen LogP contribution in [0.2, 0.25) is 0 Å². The highest BCUT2D eigenvalue weighted by Crippen LogP contribution is 2.18. The third-order valence-electron chi connectivity index (χ3n) is 4.43. The first-order valence-corrected chi connectivity index (χ1v) is 11.6. The predicted molar refractivity (Wildman–Crippen MR) is 121 cm³/mol. The zero-order chi connectivity index (χ0) is 22.6. The maximum absolute atomic E-state index is 12.6. The second-order valence-electron chi connectivity index (χ2n) is 7.51. The van der Waals surface area contributed by atoms with E-state index in [4.69, 9.17) is 12.2 Å². The molecule has 0 fully saturated rings. The van der Waals surface area contributed by atoms with Crippen LogP contribution in [-0.4, -0.2) is 35.1 Å². The van der Waals surface area contributed by atoms with Crippen molar-refractivity contribution in [3.05, 3.63) is 64.4 Å². The third kappa shape index (κ3) is 5.87. The summed E-state index contributed by atoms with van der Waals surface area (Å²) in [5.41, 5.74) is 2.61. The number of amides is 1. The number of carbonyl (C=O) groups is 1. The van der Waals surface area contributed by atoms with Gasteiger partial charge in [-0.15, -0.1) is 0 Å². The van der Waals surface area contributed by atoms with Crippen LogP contribution < -0.4 is 10.0 Å². The summed E-state index contributed by atoms with van der Waals surface area (Å²) in [4.78, 5) is 12.7. The number of benzene rings is 2. The zero-order valence-corrected chi connectivity index (χ0v) is 19.2. The second kappa shape index (κ2) is 9.54. The highest BCUT2D eigenvalue weighted by molar-refractivity contribution is 7.89. The molecule has 2 aromatic carbocycles. The SMILES string of the molecule is Cc1cccc(-c2n[nH]c(=S)n2CC(=O)NCc2cccc(S(=O)(=O)NC(C)C)c2)c1. The fourth-order valence-corrected chi connectivity index (χ4v) is 4.59. The number of nitrogens with one attached hydrogen (secondary N) is 3. The topological polar surface area (TPSA) is 109 Å². The molecule has 164 valence electrons. The van der Waals surface area contributed by atoms with Gasteiger partial charge in [0, 0.05) is 18.2 Å². The van der Waals surface area contributed by atoms with Crippen molar-refractivity contribution in [1.82, 2.24) is 24.8 Å². The molecule has 0 saturated carbocycles. The number of sulfonamides is 1. The summed E-state index contributed by atoms with van der Waals surface area (Å²) in [5.74, 6) is 0.316. The second-order valence-corrected chi connectivity index (χ2v) is 9.61. The molecule has 3 aromatic rings. The summed E-state index contributed by atoms with van der Waals surface area (Å²) in [6.07, 6.45) is 0. The van der Waals surface area contributed by atoms with E-state index in [1.165, 1.54) is 6.07 Å². The van der Waals surface area contributed by atoms with Gasteiger partial charge in [-0.1, -0.05) is 35.9 Å². The average Bonchev–Trinajstić information content (AvgIpc) is 3.06. The maximum Gasteiger partial charge on any atom is 0.240 e. The molecule has 0 spiro atoms. The van der Waals surface area contributed by atoms with Gasteiger partial charge < -0.3 is 5.32 Å². The Morgan fingerprint density at radius 2 is 1.94 bits per heavy atom. The van der Waals surface area contributed by atoms with E-state index in [1.54, 1.807) is 36.6 Å². The van der Waals surface area contributed by atoms with Gasteiger partial charge in [-0.25, -0.2) is 13.1 Å². The number of rotatable bonds is 8. The van der Waals surface area contributed by atoms with Gasteiger partial charge >= 0.3 is 0 Å². The third-order valence-corrected chi connectivity index (χ3v) is 6.39. The van der Waals surface area contributed by atoms with Gasteiger partial charge in [0.1, 0.15) is 6.54 Å². The van der Waals surface area contributed by atoms with Crippen LogP contribution >= 0.6 is 12.2 Å². The van der Waals surface area contributed by atoms with Gasteiger partial charge in [0.15, 0.2) is 10.6 Å². The van der Waals surface area contributed by atoms with Gasteiger partial charge in [0.05, 0.1) is 4.90 Å². The number of aromatic amines is 1. The van der Waals surface area contributed by atoms with Gasteiger partial charge in [0.25, 0.3) is 0 Å². The van der Waals surface area contributed by atoms with Crippen LogP contribution in [-0.2, 0) is 27.9 Å². The van der Waals surface area contributed by atoms with Crippen LogP contribution in [0.5, 0.6) is 0 Å². The Balaban J connectivity index is 1.70. The minimum Gasteiger partial charge on any atom is -0.350 e. The summed E-state index contributed by atoms with van der Waals surface area (Å²) in [6.45, 7) is 5.67. The quantitative estimate of drug-likeness (QED) is 0.449. The molecule has 1 heterocycles. The summed E-state index contributed by atoms with van der Waals surface area (Å²) in [6, 6.07) is 14.0. The molecule has 0 aliphatic heterocycles. The van der Waals surface area contributed by atoms with Crippen molar-refractivity contribution in [2.45, 2.75) is 44.8 Å². The summed E-state index contributed by atoms with van der Waals surface area (Å²) in [7, 11) is -3.60. The first-order chi connectivity index (χ1) is 14.7. The number of aromatic nitrogens is 3. The Hall–Kier alpha value is -2.82. The van der Waals surface area contributed by atoms with Gasteiger partial charge in [-0.2, -0.15) is 5.10 Å². The van der Waals surface area contributed by atoms with Crippen LogP contribution in [0.25, 0.3) is 11.4 Å². The number of nitrogens with zero attached hydrogens (tertiary/aromatic N) is 2. The number of hydrogen-bond acceptors (Lipinski definition) is 5. The number of aryl methyl sites for hydroxylation is 1. The molecule has 0 aliphatic rings. The fourth-order valence-electron chi connectivity index (χ4n) is 3.07. The lowest BCUT2D eigenvalue weighted by Gasteiger charge is -2.12. The van der Waals surface area contributed by atoms with E-state index in [1.807, 2.05) is 31.2 Å². The average molecular weight is 460 g/mol. The predicted octanol–water partition coefficient (Wildman–Crippen LogP) is 2.92. The number of hydrogen-bond donors (Lipinski definition) is 3. The Morgan fingerprint density at radius 3 is 2.65 bits per heavy atom. The van der Waals surface area contributed by atoms with Crippen molar-refractivity contribution in [2.24, 2.45) is 0 Å². The zero-order valence-electron chi connectivity index (χ0n) is 17.5. The van der Waals surface area contributed by atoms with E-state index in [-0.39, 0.29) is 29.9 Å². The van der Waals surface area contributed by atoms with E-state index in [0.717, 1.165) is 11.1 Å². The van der Waals surface area contributed by atoms with Crippen molar-refractivity contribution in [2.75, 3.05) is 0 Å². The van der Waals surface area contributed by atoms with Crippen LogP contribution in [0.4, 0.5) is 0 Å². The molecule has 1 aromatic heterocycles. The van der Waals surface area contributed by atoms with Crippen LogP contribution in [0.3, 0.4) is 0 Å². The molecule has 0 radical (unpaired) electrons. The molecule has 3 rings (SSSR count). The number of carbonyl (C=O) groups excluding carboxylic acids is 1. The normalized spacial score (nSPS) is 11.6. The molecule has 0 saturated heterocycles. The minimum atomic E-state index is -3.60. The highest BCUT2D eigenvalue weighted by atomic mass is 32.2. The Kier molecular flexibility index (Phi) is 7.04. The standard InChI is InChI=1S/C21H25N5O3S2/c1-14(2)25-31(28,29)18-9-5-7-16(11-18)12-22-19(27)13-26-20(23-24-21(26)30)17-8-4-6-15(3)10-17/h4-11,14,25H,12-13H2,1-3H3,(H,22,27)(H,24,30). The van der Waals surface area contributed by atoms with E-state index in [2.05, 4.69) is 20.2 Å². The molecule has 10 heteroatoms. The lowest BCUT2D eigenvalue weighted by molar-refractivity contribution is -0.121. The van der Waals surface area contributed by atoms with Crippen molar-refractivity contribution in [3.63, 3.8) is 0 Å². The minimum absolute atomic E-state index is 0.00843. The molecule has 0 bridgehead atoms. The van der Waals surface area contributed by atoms with Crippen molar-refractivity contribution < 1.29 is 13.2 Å². The van der Waals surface area contributed by atoms with Crippen molar-refractivity contribution in [1.29, 1.82) is 0 Å². The molecular formula is C21H25N5O3S2. The van der Waals surface area contributed by atoms with Crippen LogP contribution in [0, 0.1) is 11.7 Å². The van der Waals surface area contributed by atoms with E-state index >= 15 is 0 Å². The lowest BCUT2D eigenvalue weighted by atomic mass is 10.1. The van der Waals surface area contributed by atoms with E-state index in [9.17, 15) is 13.2 Å². The van der Waals surface area contributed by atoms with Crippen molar-refractivity contribution >= 4 is 28.1 Å². The summed E-state index contributed by atoms with van der Waals surface area (Å²) >= 11 is 5.29. The molecule has 0 atom stereocenters. The lowest BCUT2D eigenvalue weighted by Crippen LogP contribution is -2.30. The van der Waals surface area contributed by atoms with Crippen molar-refractivity contribution in [3.8, 4) is 11.4 Å². The summed E-state index contributed by atoms with van der Waals surface area (Å²) < 4.78 is 29.2. The van der Waals surface area contributed by atoms with Crippen LogP contribution in [0.1, 0.15) is 25.0 Å².